The second-order valence-electron chi connectivity index (χ2n) is 6.34. The average Bonchev–Trinajstić information content (AvgIpc) is 3.17. The lowest BCUT2D eigenvalue weighted by molar-refractivity contribution is 0.324. The molecule has 0 fully saturated rings. The van der Waals surface area contributed by atoms with E-state index in [0.29, 0.717) is 17.2 Å². The molecule has 6 heteroatoms. The maximum Gasteiger partial charge on any atom is 0.203 e. The molecule has 0 unspecified atom stereocenters. The molecule has 3 aromatic carbocycles. The van der Waals surface area contributed by atoms with Crippen molar-refractivity contribution in [2.75, 3.05) is 28.4 Å². The number of aromatic nitrogens is 2. The van der Waals surface area contributed by atoms with Gasteiger partial charge in [0.05, 0.1) is 50.7 Å². The molecule has 4 aromatic rings. The van der Waals surface area contributed by atoms with Crippen LogP contribution in [0.15, 0.2) is 60.7 Å². The Morgan fingerprint density at radius 1 is 0.690 bits per heavy atom. The van der Waals surface area contributed by atoms with Crippen molar-refractivity contribution >= 4 is 11.0 Å². The maximum absolute atomic E-state index is 5.59. The van der Waals surface area contributed by atoms with Crippen molar-refractivity contribution in [3.05, 3.63) is 60.7 Å². The van der Waals surface area contributed by atoms with Gasteiger partial charge >= 0.3 is 0 Å². The molecule has 148 valence electrons. The minimum Gasteiger partial charge on any atom is -0.496 e. The van der Waals surface area contributed by atoms with Crippen LogP contribution in [0.25, 0.3) is 28.1 Å². The third-order valence-electron chi connectivity index (χ3n) is 4.82. The Kier molecular flexibility index (Phi) is 4.99. The first-order valence-corrected chi connectivity index (χ1v) is 9.13. The average molecular weight is 390 g/mol. The van der Waals surface area contributed by atoms with Crippen LogP contribution >= 0.6 is 0 Å². The Labute approximate surface area is 169 Å². The molecule has 4 rings (SSSR count). The second-order valence-corrected chi connectivity index (χ2v) is 6.34. The predicted molar refractivity (Wildman–Crippen MR) is 113 cm³/mol. The van der Waals surface area contributed by atoms with Crippen LogP contribution in [0, 0.1) is 0 Å². The predicted octanol–water partition coefficient (Wildman–Crippen LogP) is 4.73. The highest BCUT2D eigenvalue weighted by Gasteiger charge is 2.20. The SMILES string of the molecule is COc1ccccc1-c1nc2ccccc2n1-c1cc(OC)c(OC)c(OC)c1. The summed E-state index contributed by atoms with van der Waals surface area (Å²) < 4.78 is 24.2. The van der Waals surface area contributed by atoms with Crippen molar-refractivity contribution in [3.63, 3.8) is 0 Å². The molecular weight excluding hydrogens is 368 g/mol. The Balaban J connectivity index is 2.06. The summed E-state index contributed by atoms with van der Waals surface area (Å²) in [6.45, 7) is 0. The molecule has 1 aromatic heterocycles. The van der Waals surface area contributed by atoms with Crippen molar-refractivity contribution in [3.8, 4) is 40.1 Å². The lowest BCUT2D eigenvalue weighted by Gasteiger charge is -2.17. The number of fused-ring (bicyclic) bond motifs is 1. The summed E-state index contributed by atoms with van der Waals surface area (Å²) in [5.41, 5.74) is 3.57. The highest BCUT2D eigenvalue weighted by Crippen LogP contribution is 2.42. The van der Waals surface area contributed by atoms with Crippen molar-refractivity contribution in [2.24, 2.45) is 0 Å². The molecule has 6 nitrogen and oxygen atoms in total. The zero-order chi connectivity index (χ0) is 20.4. The standard InChI is InChI=1S/C23H22N2O4/c1-26-19-12-8-5-9-16(19)23-24-17-10-6-7-11-18(17)25(23)15-13-20(27-2)22(29-4)21(14-15)28-3/h5-14H,1-4H3. The third-order valence-corrected chi connectivity index (χ3v) is 4.82. The highest BCUT2D eigenvalue weighted by molar-refractivity contribution is 5.85. The van der Waals surface area contributed by atoms with Gasteiger partial charge < -0.3 is 18.9 Å². The number of imidazole rings is 1. The normalized spacial score (nSPS) is 10.8. The fourth-order valence-electron chi connectivity index (χ4n) is 3.49. The first-order valence-electron chi connectivity index (χ1n) is 9.13. The van der Waals surface area contributed by atoms with Gasteiger partial charge in [-0.05, 0) is 24.3 Å². The molecular formula is C23H22N2O4. The Hall–Kier alpha value is -3.67. The molecule has 0 radical (unpaired) electrons. The molecule has 0 atom stereocenters. The minimum atomic E-state index is 0.544. The van der Waals surface area contributed by atoms with Crippen LogP contribution in [0.2, 0.25) is 0 Å². The molecule has 0 saturated carbocycles. The number of methoxy groups -OCH3 is 4. The molecule has 0 N–H and O–H groups in total. The van der Waals surface area contributed by atoms with Crippen LogP contribution < -0.4 is 18.9 Å². The van der Waals surface area contributed by atoms with Gasteiger partial charge in [-0.1, -0.05) is 24.3 Å². The third kappa shape index (κ3) is 3.12. The second kappa shape index (κ2) is 7.75. The van der Waals surface area contributed by atoms with E-state index < -0.39 is 0 Å². The quantitative estimate of drug-likeness (QED) is 0.477. The topological polar surface area (TPSA) is 54.7 Å². The summed E-state index contributed by atoms with van der Waals surface area (Å²) >= 11 is 0. The number of hydrogen-bond acceptors (Lipinski definition) is 5. The molecule has 0 spiro atoms. The number of rotatable bonds is 6. The first-order chi connectivity index (χ1) is 14.2. The fourth-order valence-corrected chi connectivity index (χ4v) is 3.49. The molecule has 1 heterocycles. The number of nitrogens with zero attached hydrogens (tertiary/aromatic N) is 2. The monoisotopic (exact) mass is 390 g/mol. The van der Waals surface area contributed by atoms with Gasteiger partial charge in [0.2, 0.25) is 5.75 Å². The van der Waals surface area contributed by atoms with Gasteiger partial charge in [0.25, 0.3) is 0 Å². The van der Waals surface area contributed by atoms with E-state index in [9.17, 15) is 0 Å². The van der Waals surface area contributed by atoms with E-state index >= 15 is 0 Å². The summed E-state index contributed by atoms with van der Waals surface area (Å²) in [4.78, 5) is 4.89. The zero-order valence-electron chi connectivity index (χ0n) is 16.8. The number of ether oxygens (including phenoxy) is 4. The van der Waals surface area contributed by atoms with Crippen molar-refractivity contribution in [1.82, 2.24) is 9.55 Å². The van der Waals surface area contributed by atoms with Gasteiger partial charge in [-0.3, -0.25) is 4.57 Å². The van der Waals surface area contributed by atoms with Crippen LogP contribution in [0.3, 0.4) is 0 Å². The Morgan fingerprint density at radius 2 is 1.31 bits per heavy atom. The Bertz CT molecular complexity index is 1140. The van der Waals surface area contributed by atoms with Gasteiger partial charge in [0.15, 0.2) is 11.5 Å². The van der Waals surface area contributed by atoms with Crippen LogP contribution in [0.1, 0.15) is 0 Å². The van der Waals surface area contributed by atoms with Crippen molar-refractivity contribution in [1.29, 1.82) is 0 Å². The van der Waals surface area contributed by atoms with Crippen LogP contribution in [0.5, 0.6) is 23.0 Å². The van der Waals surface area contributed by atoms with E-state index in [0.717, 1.165) is 33.9 Å². The Morgan fingerprint density at radius 3 is 1.97 bits per heavy atom. The summed E-state index contributed by atoms with van der Waals surface area (Å²) in [5.74, 6) is 3.20. The van der Waals surface area contributed by atoms with Crippen molar-refractivity contribution < 1.29 is 18.9 Å². The summed E-state index contributed by atoms with van der Waals surface area (Å²) in [6, 6.07) is 19.6. The number of hydrogen-bond donors (Lipinski definition) is 0. The molecule has 0 amide bonds. The highest BCUT2D eigenvalue weighted by atomic mass is 16.5. The first kappa shape index (κ1) is 18.7. The van der Waals surface area contributed by atoms with Crippen LogP contribution in [-0.2, 0) is 0 Å². The van der Waals surface area contributed by atoms with E-state index in [1.54, 1.807) is 28.4 Å². The van der Waals surface area contributed by atoms with Gasteiger partial charge in [-0.15, -0.1) is 0 Å². The lowest BCUT2D eigenvalue weighted by atomic mass is 10.1. The van der Waals surface area contributed by atoms with E-state index in [4.69, 9.17) is 23.9 Å². The van der Waals surface area contributed by atoms with Gasteiger partial charge in [-0.2, -0.15) is 0 Å². The van der Waals surface area contributed by atoms with Gasteiger partial charge in [-0.25, -0.2) is 4.98 Å². The van der Waals surface area contributed by atoms with E-state index in [1.165, 1.54) is 0 Å². The number of para-hydroxylation sites is 3. The smallest absolute Gasteiger partial charge is 0.203 e. The van der Waals surface area contributed by atoms with E-state index in [1.807, 2.05) is 60.7 Å². The maximum atomic E-state index is 5.59. The molecule has 0 aliphatic carbocycles. The fraction of sp³-hybridized carbons (Fsp3) is 0.174. The minimum absolute atomic E-state index is 0.544. The van der Waals surface area contributed by atoms with E-state index in [2.05, 4.69) is 4.57 Å². The van der Waals surface area contributed by atoms with Crippen LogP contribution in [0.4, 0.5) is 0 Å². The zero-order valence-corrected chi connectivity index (χ0v) is 16.8. The molecule has 0 aliphatic rings. The number of benzene rings is 3. The molecule has 0 saturated heterocycles. The molecule has 29 heavy (non-hydrogen) atoms. The lowest BCUT2D eigenvalue weighted by Crippen LogP contribution is -2.02. The summed E-state index contributed by atoms with van der Waals surface area (Å²) in [7, 11) is 6.46. The van der Waals surface area contributed by atoms with Crippen LogP contribution in [-0.4, -0.2) is 38.0 Å². The molecule has 0 aliphatic heterocycles. The van der Waals surface area contributed by atoms with E-state index in [-0.39, 0.29) is 0 Å². The van der Waals surface area contributed by atoms with Crippen molar-refractivity contribution in [2.45, 2.75) is 0 Å². The summed E-state index contributed by atoms with van der Waals surface area (Å²) in [5, 5.41) is 0. The summed E-state index contributed by atoms with van der Waals surface area (Å²) in [6.07, 6.45) is 0. The van der Waals surface area contributed by atoms with Gasteiger partial charge in [0, 0.05) is 12.1 Å². The van der Waals surface area contributed by atoms with Gasteiger partial charge in [0.1, 0.15) is 11.6 Å². The molecule has 0 bridgehead atoms. The largest absolute Gasteiger partial charge is 0.496 e.